The largest absolute Gasteiger partial charge is 0.494 e. The van der Waals surface area contributed by atoms with E-state index in [9.17, 15) is 9.59 Å². The molecule has 0 unspecified atom stereocenters. The molecule has 1 N–H and O–H groups in total. The van der Waals surface area contributed by atoms with Gasteiger partial charge in [0.1, 0.15) is 5.75 Å². The second kappa shape index (κ2) is 6.51. The molecule has 0 fully saturated rings. The second-order valence-electron chi connectivity index (χ2n) is 4.15. The van der Waals surface area contributed by atoms with Crippen LogP contribution in [0.5, 0.6) is 5.75 Å². The molecule has 0 saturated carbocycles. The minimum absolute atomic E-state index is 0.104. The lowest BCUT2D eigenvalue weighted by molar-refractivity contribution is 0.0696. The van der Waals surface area contributed by atoms with Crippen LogP contribution >= 0.6 is 0 Å². The molecule has 6 nitrogen and oxygen atoms in total. The van der Waals surface area contributed by atoms with Crippen LogP contribution < -0.4 is 10.3 Å². The summed E-state index contributed by atoms with van der Waals surface area (Å²) < 4.78 is 6.96. The van der Waals surface area contributed by atoms with Crippen molar-refractivity contribution >= 4 is 5.97 Å². The standard InChI is InChI=1S/C14H14N2O4/c17-13-5-6-15-10-16(13)7-2-8-20-12-4-1-3-11(9-12)14(18)19/h1,3-6,9-10H,2,7-8H2,(H,18,19). The van der Waals surface area contributed by atoms with Crippen molar-refractivity contribution in [1.82, 2.24) is 9.55 Å². The molecule has 0 aliphatic heterocycles. The molecular weight excluding hydrogens is 260 g/mol. The molecule has 0 amide bonds. The van der Waals surface area contributed by atoms with E-state index in [0.717, 1.165) is 0 Å². The molecule has 104 valence electrons. The summed E-state index contributed by atoms with van der Waals surface area (Å²) in [6, 6.07) is 7.70. The molecule has 6 heteroatoms. The first-order valence-corrected chi connectivity index (χ1v) is 6.13. The van der Waals surface area contributed by atoms with Gasteiger partial charge < -0.3 is 9.84 Å². The Kier molecular flexibility index (Phi) is 4.49. The van der Waals surface area contributed by atoms with Crippen molar-refractivity contribution < 1.29 is 14.6 Å². The molecule has 0 spiro atoms. The normalized spacial score (nSPS) is 10.2. The second-order valence-corrected chi connectivity index (χ2v) is 4.15. The average molecular weight is 274 g/mol. The Labute approximate surface area is 115 Å². The molecule has 2 aromatic rings. The Hall–Kier alpha value is -2.63. The van der Waals surface area contributed by atoms with Crippen LogP contribution in [0.2, 0.25) is 0 Å². The molecular formula is C14H14N2O4. The minimum atomic E-state index is -0.989. The molecule has 1 heterocycles. The van der Waals surface area contributed by atoms with Crippen molar-refractivity contribution in [3.8, 4) is 5.75 Å². The third-order valence-electron chi connectivity index (χ3n) is 2.69. The monoisotopic (exact) mass is 274 g/mol. The van der Waals surface area contributed by atoms with Crippen molar-refractivity contribution in [2.45, 2.75) is 13.0 Å². The van der Waals surface area contributed by atoms with E-state index in [2.05, 4.69) is 4.98 Å². The van der Waals surface area contributed by atoms with Crippen LogP contribution in [0.1, 0.15) is 16.8 Å². The van der Waals surface area contributed by atoms with Gasteiger partial charge in [-0.2, -0.15) is 0 Å². The zero-order valence-electron chi connectivity index (χ0n) is 10.7. The van der Waals surface area contributed by atoms with Crippen LogP contribution in [0.25, 0.3) is 0 Å². The maximum absolute atomic E-state index is 11.4. The fraction of sp³-hybridized carbons (Fsp3) is 0.214. The zero-order chi connectivity index (χ0) is 14.4. The number of ether oxygens (including phenoxy) is 1. The highest BCUT2D eigenvalue weighted by atomic mass is 16.5. The van der Waals surface area contributed by atoms with Crippen LogP contribution in [0, 0.1) is 0 Å². The van der Waals surface area contributed by atoms with Gasteiger partial charge in [0.15, 0.2) is 0 Å². The first-order chi connectivity index (χ1) is 9.66. The van der Waals surface area contributed by atoms with Crippen molar-refractivity contribution in [2.75, 3.05) is 6.61 Å². The van der Waals surface area contributed by atoms with Crippen LogP contribution in [-0.2, 0) is 6.54 Å². The molecule has 1 aromatic carbocycles. The van der Waals surface area contributed by atoms with E-state index in [4.69, 9.17) is 9.84 Å². The van der Waals surface area contributed by atoms with Crippen LogP contribution in [-0.4, -0.2) is 27.2 Å². The Balaban J connectivity index is 1.85. The molecule has 0 aliphatic carbocycles. The fourth-order valence-electron chi connectivity index (χ4n) is 1.69. The van der Waals surface area contributed by atoms with E-state index in [1.165, 1.54) is 35.3 Å². The summed E-state index contributed by atoms with van der Waals surface area (Å²) in [5, 5.41) is 8.86. The molecule has 0 radical (unpaired) electrons. The topological polar surface area (TPSA) is 81.4 Å². The first-order valence-electron chi connectivity index (χ1n) is 6.13. The smallest absolute Gasteiger partial charge is 0.335 e. The molecule has 0 atom stereocenters. The van der Waals surface area contributed by atoms with E-state index < -0.39 is 5.97 Å². The summed E-state index contributed by atoms with van der Waals surface area (Å²) in [6.07, 6.45) is 3.56. The third-order valence-corrected chi connectivity index (χ3v) is 2.69. The number of aryl methyl sites for hydroxylation is 1. The van der Waals surface area contributed by atoms with Gasteiger partial charge in [0.05, 0.1) is 18.5 Å². The van der Waals surface area contributed by atoms with E-state index in [0.29, 0.717) is 25.3 Å². The number of carboxylic acids is 1. The lowest BCUT2D eigenvalue weighted by Crippen LogP contribution is -2.19. The van der Waals surface area contributed by atoms with Gasteiger partial charge in [-0.25, -0.2) is 9.78 Å². The Morgan fingerprint density at radius 3 is 2.95 bits per heavy atom. The highest BCUT2D eigenvalue weighted by Crippen LogP contribution is 2.13. The van der Waals surface area contributed by atoms with Crippen molar-refractivity contribution in [2.24, 2.45) is 0 Å². The van der Waals surface area contributed by atoms with Crippen LogP contribution in [0.4, 0.5) is 0 Å². The average Bonchev–Trinajstić information content (AvgIpc) is 2.45. The maximum atomic E-state index is 11.4. The molecule has 0 bridgehead atoms. The summed E-state index contributed by atoms with van der Waals surface area (Å²) in [5.41, 5.74) is 0.0823. The predicted octanol–water partition coefficient (Wildman–Crippen LogP) is 1.41. The van der Waals surface area contributed by atoms with E-state index >= 15 is 0 Å². The summed E-state index contributed by atoms with van der Waals surface area (Å²) in [5.74, 6) is -0.485. The van der Waals surface area contributed by atoms with Gasteiger partial charge in [0.25, 0.3) is 5.56 Å². The third kappa shape index (κ3) is 3.68. The van der Waals surface area contributed by atoms with Gasteiger partial charge in [-0.15, -0.1) is 0 Å². The van der Waals surface area contributed by atoms with Gasteiger partial charge in [-0.3, -0.25) is 9.36 Å². The number of carbonyl (C=O) groups is 1. The quantitative estimate of drug-likeness (QED) is 0.805. The predicted molar refractivity (Wildman–Crippen MR) is 72.0 cm³/mol. The number of rotatable bonds is 6. The minimum Gasteiger partial charge on any atom is -0.494 e. The zero-order valence-corrected chi connectivity index (χ0v) is 10.7. The molecule has 1 aromatic heterocycles. The van der Waals surface area contributed by atoms with Crippen molar-refractivity contribution in [1.29, 1.82) is 0 Å². The van der Waals surface area contributed by atoms with Gasteiger partial charge >= 0.3 is 5.97 Å². The van der Waals surface area contributed by atoms with Crippen LogP contribution in [0.15, 0.2) is 47.7 Å². The van der Waals surface area contributed by atoms with Crippen molar-refractivity contribution in [3.05, 3.63) is 58.8 Å². The number of benzene rings is 1. The fourth-order valence-corrected chi connectivity index (χ4v) is 1.69. The number of aromatic nitrogens is 2. The Morgan fingerprint density at radius 1 is 1.35 bits per heavy atom. The van der Waals surface area contributed by atoms with Crippen LogP contribution in [0.3, 0.4) is 0 Å². The highest BCUT2D eigenvalue weighted by Gasteiger charge is 2.03. The van der Waals surface area contributed by atoms with E-state index in [-0.39, 0.29) is 11.1 Å². The van der Waals surface area contributed by atoms with Gasteiger partial charge in [-0.05, 0) is 24.6 Å². The molecule has 2 rings (SSSR count). The van der Waals surface area contributed by atoms with Gasteiger partial charge in [0, 0.05) is 18.8 Å². The summed E-state index contributed by atoms with van der Waals surface area (Å²) in [4.78, 5) is 26.1. The number of aromatic carboxylic acids is 1. The summed E-state index contributed by atoms with van der Waals surface area (Å²) in [6.45, 7) is 0.899. The van der Waals surface area contributed by atoms with Crippen molar-refractivity contribution in [3.63, 3.8) is 0 Å². The summed E-state index contributed by atoms with van der Waals surface area (Å²) >= 11 is 0. The number of nitrogens with zero attached hydrogens (tertiary/aromatic N) is 2. The van der Waals surface area contributed by atoms with Gasteiger partial charge in [0.2, 0.25) is 0 Å². The van der Waals surface area contributed by atoms with E-state index in [1.807, 2.05) is 0 Å². The number of hydrogen-bond donors (Lipinski definition) is 1. The molecule has 0 aliphatic rings. The lowest BCUT2D eigenvalue weighted by atomic mass is 10.2. The Bertz CT molecular complexity index is 651. The summed E-state index contributed by atoms with van der Waals surface area (Å²) in [7, 11) is 0. The lowest BCUT2D eigenvalue weighted by Gasteiger charge is -2.07. The first kappa shape index (κ1) is 13.8. The Morgan fingerprint density at radius 2 is 2.20 bits per heavy atom. The molecule has 20 heavy (non-hydrogen) atoms. The number of hydrogen-bond acceptors (Lipinski definition) is 4. The highest BCUT2D eigenvalue weighted by molar-refractivity contribution is 5.87. The maximum Gasteiger partial charge on any atom is 0.335 e. The van der Waals surface area contributed by atoms with Gasteiger partial charge in [-0.1, -0.05) is 6.07 Å². The SMILES string of the molecule is O=C(O)c1cccc(OCCCn2cnccc2=O)c1. The van der Waals surface area contributed by atoms with E-state index in [1.54, 1.807) is 12.1 Å². The molecule has 0 saturated heterocycles. The number of carboxylic acid groups (broad SMARTS) is 1.